The monoisotopic (exact) mass is 494 g/mol. The van der Waals surface area contributed by atoms with Gasteiger partial charge in [0.05, 0.1) is 32.0 Å². The SMILES string of the molecule is COc1cc(C(=O)NCC(=O)c2ccc(OC)c(-c3ccc(F)c(Cl)c3)n2)ccc1-c1cn[nH]c1. The maximum Gasteiger partial charge on any atom is 0.251 e. The topological polar surface area (TPSA) is 106 Å². The Morgan fingerprint density at radius 1 is 1.03 bits per heavy atom. The Hall–Kier alpha value is -4.24. The van der Waals surface area contributed by atoms with E-state index in [2.05, 4.69) is 20.5 Å². The van der Waals surface area contributed by atoms with Gasteiger partial charge < -0.3 is 14.8 Å². The lowest BCUT2D eigenvalue weighted by Gasteiger charge is -2.11. The Labute approximate surface area is 205 Å². The molecule has 2 aromatic heterocycles. The van der Waals surface area contributed by atoms with Crippen molar-refractivity contribution in [3.05, 3.63) is 83.0 Å². The van der Waals surface area contributed by atoms with Crippen LogP contribution in [0.2, 0.25) is 5.02 Å². The molecule has 0 aliphatic rings. The first kappa shape index (κ1) is 23.9. The summed E-state index contributed by atoms with van der Waals surface area (Å²) >= 11 is 5.89. The molecule has 0 aliphatic carbocycles. The van der Waals surface area contributed by atoms with E-state index in [1.54, 1.807) is 36.7 Å². The Morgan fingerprint density at radius 2 is 1.83 bits per heavy atom. The lowest BCUT2D eigenvalue weighted by molar-refractivity contribution is 0.0902. The molecule has 0 radical (unpaired) electrons. The van der Waals surface area contributed by atoms with Crippen LogP contribution in [0.15, 0.2) is 60.9 Å². The number of rotatable bonds is 8. The number of ketones is 1. The zero-order valence-corrected chi connectivity index (χ0v) is 19.5. The van der Waals surface area contributed by atoms with Gasteiger partial charge in [-0.2, -0.15) is 5.10 Å². The molecule has 0 saturated carbocycles. The van der Waals surface area contributed by atoms with Gasteiger partial charge in [-0.1, -0.05) is 11.6 Å². The van der Waals surface area contributed by atoms with Crippen LogP contribution in [-0.4, -0.2) is 47.6 Å². The van der Waals surface area contributed by atoms with Gasteiger partial charge in [0.25, 0.3) is 5.91 Å². The molecule has 0 aliphatic heterocycles. The zero-order valence-electron chi connectivity index (χ0n) is 18.8. The molecular weight excluding hydrogens is 475 g/mol. The zero-order chi connectivity index (χ0) is 24.9. The summed E-state index contributed by atoms with van der Waals surface area (Å²) in [6, 6.07) is 12.1. The van der Waals surface area contributed by atoms with Crippen molar-refractivity contribution in [2.45, 2.75) is 0 Å². The number of methoxy groups -OCH3 is 2. The molecule has 2 N–H and O–H groups in total. The third-order valence-electron chi connectivity index (χ3n) is 5.24. The summed E-state index contributed by atoms with van der Waals surface area (Å²) in [5, 5.41) is 9.18. The number of hydrogen-bond donors (Lipinski definition) is 2. The van der Waals surface area contributed by atoms with Crippen LogP contribution in [0.25, 0.3) is 22.4 Å². The van der Waals surface area contributed by atoms with E-state index >= 15 is 0 Å². The quantitative estimate of drug-likeness (QED) is 0.348. The van der Waals surface area contributed by atoms with Crippen molar-refractivity contribution < 1.29 is 23.5 Å². The smallest absolute Gasteiger partial charge is 0.251 e. The number of pyridine rings is 1. The van der Waals surface area contributed by atoms with E-state index in [1.165, 1.54) is 38.5 Å². The third kappa shape index (κ3) is 5.15. The highest BCUT2D eigenvalue weighted by Gasteiger charge is 2.17. The van der Waals surface area contributed by atoms with E-state index in [0.29, 0.717) is 28.3 Å². The molecule has 0 spiro atoms. The van der Waals surface area contributed by atoms with Gasteiger partial charge in [0.15, 0.2) is 5.78 Å². The molecule has 2 aromatic carbocycles. The van der Waals surface area contributed by atoms with Crippen molar-refractivity contribution in [2.24, 2.45) is 0 Å². The molecule has 0 fully saturated rings. The van der Waals surface area contributed by atoms with E-state index < -0.39 is 17.5 Å². The van der Waals surface area contributed by atoms with E-state index in [1.807, 2.05) is 0 Å². The summed E-state index contributed by atoms with van der Waals surface area (Å²) in [5.41, 5.74) is 2.82. The van der Waals surface area contributed by atoms with Crippen LogP contribution in [0.1, 0.15) is 20.8 Å². The number of aromatic amines is 1. The number of benzene rings is 2. The maximum atomic E-state index is 13.6. The number of aromatic nitrogens is 3. The molecule has 10 heteroatoms. The number of halogens is 2. The van der Waals surface area contributed by atoms with Crippen LogP contribution in [0.4, 0.5) is 4.39 Å². The Morgan fingerprint density at radius 3 is 2.51 bits per heavy atom. The second-order valence-electron chi connectivity index (χ2n) is 7.38. The summed E-state index contributed by atoms with van der Waals surface area (Å²) < 4.78 is 24.3. The van der Waals surface area contributed by atoms with Gasteiger partial charge in [0, 0.05) is 28.5 Å². The van der Waals surface area contributed by atoms with Gasteiger partial charge >= 0.3 is 0 Å². The van der Waals surface area contributed by atoms with Gasteiger partial charge in [0.2, 0.25) is 0 Å². The highest BCUT2D eigenvalue weighted by atomic mass is 35.5. The molecular formula is C25H20ClFN4O4. The molecule has 4 aromatic rings. The highest BCUT2D eigenvalue weighted by molar-refractivity contribution is 6.31. The molecule has 1 amide bonds. The van der Waals surface area contributed by atoms with Gasteiger partial charge in [-0.3, -0.25) is 14.7 Å². The lowest BCUT2D eigenvalue weighted by Crippen LogP contribution is -2.30. The number of nitrogens with zero attached hydrogens (tertiary/aromatic N) is 2. The summed E-state index contributed by atoms with van der Waals surface area (Å²) in [5.74, 6) is -0.562. The van der Waals surface area contributed by atoms with Crippen molar-refractivity contribution in [2.75, 3.05) is 20.8 Å². The maximum absolute atomic E-state index is 13.6. The largest absolute Gasteiger partial charge is 0.496 e. The minimum Gasteiger partial charge on any atom is -0.496 e. The molecule has 0 unspecified atom stereocenters. The number of carbonyl (C=O) groups excluding carboxylic acids is 2. The first-order valence-electron chi connectivity index (χ1n) is 10.4. The molecule has 0 saturated heterocycles. The molecule has 8 nitrogen and oxygen atoms in total. The van der Waals surface area contributed by atoms with Gasteiger partial charge in [-0.25, -0.2) is 9.37 Å². The minimum absolute atomic E-state index is 0.0791. The lowest BCUT2D eigenvalue weighted by atomic mass is 10.1. The van der Waals surface area contributed by atoms with Crippen LogP contribution >= 0.6 is 11.6 Å². The Bertz CT molecular complexity index is 1390. The van der Waals surface area contributed by atoms with Gasteiger partial charge in [0.1, 0.15) is 28.7 Å². The van der Waals surface area contributed by atoms with Gasteiger partial charge in [-0.05, 0) is 48.5 Å². The van der Waals surface area contributed by atoms with Crippen LogP contribution in [0.5, 0.6) is 11.5 Å². The van der Waals surface area contributed by atoms with Crippen molar-refractivity contribution >= 4 is 23.3 Å². The number of amides is 1. The van der Waals surface area contributed by atoms with Crippen molar-refractivity contribution in [1.29, 1.82) is 0 Å². The number of carbonyl (C=O) groups is 2. The first-order chi connectivity index (χ1) is 16.9. The summed E-state index contributed by atoms with van der Waals surface area (Å²) in [7, 11) is 2.96. The van der Waals surface area contributed by atoms with E-state index in [0.717, 1.165) is 11.1 Å². The summed E-state index contributed by atoms with van der Waals surface area (Å²) in [4.78, 5) is 29.8. The van der Waals surface area contributed by atoms with Crippen molar-refractivity contribution in [1.82, 2.24) is 20.5 Å². The number of hydrogen-bond acceptors (Lipinski definition) is 6. The molecule has 35 heavy (non-hydrogen) atoms. The normalized spacial score (nSPS) is 10.6. The molecule has 0 bridgehead atoms. The summed E-state index contributed by atoms with van der Waals surface area (Å²) in [6.45, 7) is -0.284. The average molecular weight is 495 g/mol. The second-order valence-corrected chi connectivity index (χ2v) is 7.79. The fraction of sp³-hybridized carbons (Fsp3) is 0.120. The van der Waals surface area contributed by atoms with Crippen molar-refractivity contribution in [3.8, 4) is 33.9 Å². The number of Topliss-reactive ketones (excluding diaryl/α,β-unsaturated/α-hetero) is 1. The average Bonchev–Trinajstić information content (AvgIpc) is 3.42. The predicted molar refractivity (Wildman–Crippen MR) is 128 cm³/mol. The number of nitrogens with one attached hydrogen (secondary N) is 2. The van der Waals surface area contributed by atoms with Crippen LogP contribution in [-0.2, 0) is 0 Å². The van der Waals surface area contributed by atoms with Crippen molar-refractivity contribution in [3.63, 3.8) is 0 Å². The molecule has 4 rings (SSSR count). The fourth-order valence-corrected chi connectivity index (χ4v) is 3.62. The Balaban J connectivity index is 1.50. The minimum atomic E-state index is -0.571. The number of H-pyrrole nitrogens is 1. The standard InChI is InChI=1S/C25H20ClFN4O4/c1-34-22-8-7-20(31-24(22)14-4-6-19(27)18(26)9-14)21(32)13-28-25(33)15-3-5-17(23(10-15)35-2)16-11-29-30-12-16/h3-12H,13H2,1-2H3,(H,28,33)(H,29,30). The van der Waals surface area contributed by atoms with Crippen LogP contribution in [0, 0.1) is 5.82 Å². The van der Waals surface area contributed by atoms with Crippen LogP contribution in [0.3, 0.4) is 0 Å². The highest BCUT2D eigenvalue weighted by Crippen LogP contribution is 2.31. The molecule has 0 atom stereocenters. The molecule has 178 valence electrons. The number of ether oxygens (including phenoxy) is 2. The fourth-order valence-electron chi connectivity index (χ4n) is 3.44. The van der Waals surface area contributed by atoms with Gasteiger partial charge in [-0.15, -0.1) is 0 Å². The third-order valence-corrected chi connectivity index (χ3v) is 5.53. The predicted octanol–water partition coefficient (Wildman–Crippen LogP) is 4.56. The van der Waals surface area contributed by atoms with Crippen LogP contribution < -0.4 is 14.8 Å². The van der Waals surface area contributed by atoms with E-state index in [-0.39, 0.29) is 17.3 Å². The van der Waals surface area contributed by atoms with E-state index in [4.69, 9.17) is 21.1 Å². The van der Waals surface area contributed by atoms with E-state index in [9.17, 15) is 14.0 Å². The molecule has 2 heterocycles. The summed E-state index contributed by atoms with van der Waals surface area (Å²) in [6.07, 6.45) is 3.36. The first-order valence-corrected chi connectivity index (χ1v) is 10.8. The Kier molecular flexibility index (Phi) is 7.07. The second kappa shape index (κ2) is 10.4.